The van der Waals surface area contributed by atoms with Crippen LogP contribution in [0, 0.1) is 11.3 Å². The topological polar surface area (TPSA) is 20.2 Å². The van der Waals surface area contributed by atoms with Crippen molar-refractivity contribution < 1.29 is 5.11 Å². The Morgan fingerprint density at radius 3 is 2.00 bits per heavy atom. The van der Waals surface area contributed by atoms with Crippen molar-refractivity contribution >= 4 is 0 Å². The van der Waals surface area contributed by atoms with Gasteiger partial charge in [-0.05, 0) is 30.6 Å². The maximum Gasteiger partial charge on any atom is 0.0537 e. The highest BCUT2D eigenvalue weighted by molar-refractivity contribution is 4.70. The van der Waals surface area contributed by atoms with E-state index in [9.17, 15) is 5.11 Å². The van der Waals surface area contributed by atoms with E-state index in [1.165, 1.54) is 0 Å². The van der Waals surface area contributed by atoms with E-state index in [0.29, 0.717) is 11.3 Å². The molecule has 2 atom stereocenters. The van der Waals surface area contributed by atoms with Gasteiger partial charge in [-0.15, -0.1) is 0 Å². The van der Waals surface area contributed by atoms with E-state index in [1.807, 2.05) is 6.92 Å². The van der Waals surface area contributed by atoms with Crippen LogP contribution in [0.25, 0.3) is 0 Å². The zero-order valence-corrected chi connectivity index (χ0v) is 9.22. The van der Waals surface area contributed by atoms with Crippen LogP contribution in [-0.2, 0) is 0 Å². The van der Waals surface area contributed by atoms with Crippen molar-refractivity contribution in [3.8, 4) is 0 Å². The first-order chi connectivity index (χ1) is 5.38. The third-order valence-corrected chi connectivity index (χ3v) is 2.88. The lowest BCUT2D eigenvalue weighted by Crippen LogP contribution is -2.19. The summed E-state index contributed by atoms with van der Waals surface area (Å²) in [5.74, 6) is 0.693. The average Bonchev–Trinajstić information content (AvgIpc) is 1.97. The number of hydrogen-bond acceptors (Lipinski definition) is 1. The van der Waals surface area contributed by atoms with E-state index < -0.39 is 0 Å². The fraction of sp³-hybridized carbons (Fsp3) is 1.00. The fourth-order valence-corrected chi connectivity index (χ4v) is 1.08. The van der Waals surface area contributed by atoms with Crippen LogP contribution in [0.1, 0.15) is 53.9 Å². The Labute approximate surface area is 77.2 Å². The number of hydrogen-bond donors (Lipinski definition) is 1. The molecule has 0 amide bonds. The van der Waals surface area contributed by atoms with Gasteiger partial charge >= 0.3 is 0 Å². The fourth-order valence-electron chi connectivity index (χ4n) is 1.08. The van der Waals surface area contributed by atoms with Crippen LogP contribution in [0.5, 0.6) is 0 Å². The second-order valence-corrected chi connectivity index (χ2v) is 4.91. The summed E-state index contributed by atoms with van der Waals surface area (Å²) in [4.78, 5) is 0. The third kappa shape index (κ3) is 4.76. The van der Waals surface area contributed by atoms with Gasteiger partial charge in [0, 0.05) is 0 Å². The van der Waals surface area contributed by atoms with Gasteiger partial charge in [-0.1, -0.05) is 34.6 Å². The molecule has 12 heavy (non-hydrogen) atoms. The largest absolute Gasteiger partial charge is 0.393 e. The van der Waals surface area contributed by atoms with Crippen LogP contribution < -0.4 is 0 Å². The van der Waals surface area contributed by atoms with Crippen molar-refractivity contribution in [3.05, 3.63) is 0 Å². The Balaban J connectivity index is 3.64. The molecular formula is C11H24O. The minimum absolute atomic E-state index is 0.0881. The molecule has 0 spiro atoms. The molecule has 0 bridgehead atoms. The van der Waals surface area contributed by atoms with Crippen molar-refractivity contribution in [2.24, 2.45) is 11.3 Å². The second kappa shape index (κ2) is 4.86. The first kappa shape index (κ1) is 12.0. The monoisotopic (exact) mass is 172 g/mol. The summed E-state index contributed by atoms with van der Waals surface area (Å²) in [6.07, 6.45) is 2.89. The first-order valence-corrected chi connectivity index (χ1v) is 5.06. The maximum absolute atomic E-state index is 9.37. The first-order valence-electron chi connectivity index (χ1n) is 5.06. The van der Waals surface area contributed by atoms with Gasteiger partial charge < -0.3 is 5.11 Å². The van der Waals surface area contributed by atoms with E-state index in [-0.39, 0.29) is 6.10 Å². The Kier molecular flexibility index (Phi) is 4.84. The van der Waals surface area contributed by atoms with Crippen molar-refractivity contribution in [2.45, 2.75) is 60.0 Å². The maximum atomic E-state index is 9.37. The Bertz CT molecular complexity index is 113. The van der Waals surface area contributed by atoms with Gasteiger partial charge in [-0.3, -0.25) is 0 Å². The summed E-state index contributed by atoms with van der Waals surface area (Å²) in [5, 5.41) is 9.37. The van der Waals surface area contributed by atoms with Crippen LogP contribution in [-0.4, -0.2) is 11.2 Å². The normalized spacial score (nSPS) is 17.5. The van der Waals surface area contributed by atoms with Gasteiger partial charge in [-0.25, -0.2) is 0 Å². The predicted molar refractivity (Wildman–Crippen MR) is 54.2 cm³/mol. The number of aliphatic hydroxyl groups is 1. The molecule has 0 aromatic heterocycles. The van der Waals surface area contributed by atoms with Crippen LogP contribution in [0.15, 0.2) is 0 Å². The molecule has 1 N–H and O–H groups in total. The minimum Gasteiger partial charge on any atom is -0.393 e. The molecule has 0 aliphatic heterocycles. The quantitative estimate of drug-likeness (QED) is 0.690. The molecule has 0 saturated carbocycles. The van der Waals surface area contributed by atoms with Gasteiger partial charge in [-0.2, -0.15) is 0 Å². The van der Waals surface area contributed by atoms with Crippen LogP contribution in [0.2, 0.25) is 0 Å². The summed E-state index contributed by atoms with van der Waals surface area (Å²) < 4.78 is 0. The molecule has 0 aliphatic rings. The highest BCUT2D eigenvalue weighted by Crippen LogP contribution is 2.29. The van der Waals surface area contributed by atoms with E-state index in [1.54, 1.807) is 0 Å². The molecule has 1 nitrogen and oxygen atoms in total. The lowest BCUT2D eigenvalue weighted by Gasteiger charge is -2.27. The van der Waals surface area contributed by atoms with Gasteiger partial charge in [0.1, 0.15) is 0 Å². The zero-order chi connectivity index (χ0) is 9.78. The standard InChI is InChI=1S/C11H24O/c1-6-10(12)8-7-9(2)11(3,4)5/h9-10,12H,6-8H2,1-5H3. The molecule has 74 valence electrons. The number of rotatable bonds is 4. The van der Waals surface area contributed by atoms with Gasteiger partial charge in [0.15, 0.2) is 0 Å². The molecule has 1 heteroatoms. The van der Waals surface area contributed by atoms with Crippen molar-refractivity contribution in [3.63, 3.8) is 0 Å². The summed E-state index contributed by atoms with van der Waals surface area (Å²) in [6, 6.07) is 0. The molecule has 0 saturated heterocycles. The van der Waals surface area contributed by atoms with Gasteiger partial charge in [0.2, 0.25) is 0 Å². The van der Waals surface area contributed by atoms with Gasteiger partial charge in [0.25, 0.3) is 0 Å². The van der Waals surface area contributed by atoms with Gasteiger partial charge in [0.05, 0.1) is 6.10 Å². The highest BCUT2D eigenvalue weighted by Gasteiger charge is 2.20. The van der Waals surface area contributed by atoms with Crippen LogP contribution in [0.3, 0.4) is 0 Å². The van der Waals surface area contributed by atoms with E-state index in [2.05, 4.69) is 27.7 Å². The highest BCUT2D eigenvalue weighted by atomic mass is 16.3. The van der Waals surface area contributed by atoms with Crippen molar-refractivity contribution in [1.29, 1.82) is 0 Å². The van der Waals surface area contributed by atoms with E-state index in [4.69, 9.17) is 0 Å². The second-order valence-electron chi connectivity index (χ2n) is 4.91. The molecule has 0 aliphatic carbocycles. The predicted octanol–water partition coefficient (Wildman–Crippen LogP) is 3.22. The lowest BCUT2D eigenvalue weighted by atomic mass is 9.79. The molecule has 0 rings (SSSR count). The molecule has 0 aromatic rings. The average molecular weight is 172 g/mol. The van der Waals surface area contributed by atoms with E-state index in [0.717, 1.165) is 19.3 Å². The van der Waals surface area contributed by atoms with E-state index >= 15 is 0 Å². The summed E-state index contributed by atoms with van der Waals surface area (Å²) in [6.45, 7) is 11.1. The molecule has 0 heterocycles. The molecule has 0 fully saturated rings. The molecule has 0 radical (unpaired) electrons. The zero-order valence-electron chi connectivity index (χ0n) is 9.22. The SMILES string of the molecule is CCC(O)CCC(C)C(C)(C)C. The summed E-state index contributed by atoms with van der Waals surface area (Å²) in [7, 11) is 0. The van der Waals surface area contributed by atoms with Crippen LogP contribution in [0.4, 0.5) is 0 Å². The molecule has 0 aromatic carbocycles. The van der Waals surface area contributed by atoms with Crippen molar-refractivity contribution in [1.82, 2.24) is 0 Å². The lowest BCUT2D eigenvalue weighted by molar-refractivity contribution is 0.135. The minimum atomic E-state index is -0.0881. The smallest absolute Gasteiger partial charge is 0.0537 e. The molecule has 2 unspecified atom stereocenters. The third-order valence-electron chi connectivity index (χ3n) is 2.88. The summed E-state index contributed by atoms with van der Waals surface area (Å²) >= 11 is 0. The Hall–Kier alpha value is -0.0400. The van der Waals surface area contributed by atoms with Crippen LogP contribution >= 0.6 is 0 Å². The molecular weight excluding hydrogens is 148 g/mol. The number of aliphatic hydroxyl groups excluding tert-OH is 1. The Morgan fingerprint density at radius 2 is 1.67 bits per heavy atom. The van der Waals surface area contributed by atoms with Crippen molar-refractivity contribution in [2.75, 3.05) is 0 Å². The summed E-state index contributed by atoms with van der Waals surface area (Å²) in [5.41, 5.74) is 0.382. The Morgan fingerprint density at radius 1 is 1.17 bits per heavy atom.